The van der Waals surface area contributed by atoms with Crippen molar-refractivity contribution in [3.63, 3.8) is 0 Å². The molecule has 0 saturated heterocycles. The Kier molecular flexibility index (Phi) is 148. The molecule has 0 aromatic rings. The van der Waals surface area contributed by atoms with Crippen molar-refractivity contribution in [2.24, 2.45) is 0 Å². The Hall–Kier alpha value is 2.39. The summed E-state index contributed by atoms with van der Waals surface area (Å²) in [6.45, 7) is 0. The molecule has 0 spiro atoms. The summed E-state index contributed by atoms with van der Waals surface area (Å²) < 4.78 is 0. The Morgan fingerprint density at radius 2 is 1.00 bits per heavy atom. The average molecular weight is 236 g/mol. The van der Waals surface area contributed by atoms with E-state index in [9.17, 15) is 0 Å². The van der Waals surface area contributed by atoms with Crippen LogP contribution in [0.2, 0.25) is 0 Å². The molecule has 0 rings (SSSR count). The average Bonchev–Trinajstić information content (AvgIpc) is 0. The van der Waals surface area contributed by atoms with Crippen molar-refractivity contribution in [2.75, 3.05) is 0 Å². The van der Waals surface area contributed by atoms with E-state index in [4.69, 9.17) is 0 Å². The molecule has 4 heteroatoms. The van der Waals surface area contributed by atoms with E-state index in [0.717, 1.165) is 0 Å². The van der Waals surface area contributed by atoms with Gasteiger partial charge in [0.2, 0.25) is 0 Å². The second-order valence-corrected chi connectivity index (χ2v) is 0. The van der Waals surface area contributed by atoms with Gasteiger partial charge >= 0.3 is 0 Å². The van der Waals surface area contributed by atoms with E-state index in [0.29, 0.717) is 0 Å². The maximum atomic E-state index is 0. The molecule has 0 heterocycles. The van der Waals surface area contributed by atoms with Gasteiger partial charge in [0.15, 0.2) is 0 Å². The van der Waals surface area contributed by atoms with Crippen LogP contribution < -0.4 is 0 Å². The first-order valence-electron chi connectivity index (χ1n) is 0. The van der Waals surface area contributed by atoms with Gasteiger partial charge in [0.25, 0.3) is 0 Å². The summed E-state index contributed by atoms with van der Waals surface area (Å²) in [5.41, 5.74) is 0. The zero-order valence-electron chi connectivity index (χ0n) is 1.71. The fraction of sp³-hybridized carbons (Fsp3) is 0. The molecule has 0 aliphatic heterocycles. The minimum Gasteiger partial charge on any atom is 0 e. The first-order valence-corrected chi connectivity index (χ1v) is 0. The quantitative estimate of drug-likeness (QED) is 0.432. The Morgan fingerprint density at radius 1 is 1.00 bits per heavy atom. The molecule has 0 aliphatic rings. The third-order valence-electron chi connectivity index (χ3n) is 0. The molecular formula is PPdTiV. The molecule has 0 bridgehead atoms. The molecule has 24 valence electrons. The van der Waals surface area contributed by atoms with Crippen LogP contribution in [0.1, 0.15) is 0 Å². The van der Waals surface area contributed by atoms with Gasteiger partial charge in [0, 0.05) is 70.6 Å². The molecule has 0 aromatic carbocycles. The number of hydrogen-bond acceptors (Lipinski definition) is 0. The van der Waals surface area contributed by atoms with Crippen molar-refractivity contribution in [1.82, 2.24) is 0 Å². The van der Waals surface area contributed by atoms with Gasteiger partial charge in [-0.2, -0.15) is 0 Å². The Balaban J connectivity index is 0. The summed E-state index contributed by atoms with van der Waals surface area (Å²) in [6, 6.07) is 0. The Labute approximate surface area is 69.9 Å². The van der Waals surface area contributed by atoms with E-state index < -0.39 is 0 Å². The molecule has 0 nitrogen and oxygen atoms in total. The molecule has 0 fully saturated rings. The normalized spacial score (nSPS) is 0. The molecule has 0 unspecified atom stereocenters. The van der Waals surface area contributed by atoms with Crippen molar-refractivity contribution < 1.29 is 60.7 Å². The predicted molar refractivity (Wildman–Crippen MR) is 6.92 cm³/mol. The summed E-state index contributed by atoms with van der Waals surface area (Å²) in [7, 11) is 0. The van der Waals surface area contributed by atoms with Gasteiger partial charge in [-0.1, -0.05) is 0 Å². The molecule has 0 aliphatic carbocycles. The zero-order chi connectivity index (χ0) is 0. The van der Waals surface area contributed by atoms with Crippen LogP contribution in [0.5, 0.6) is 0 Å². The zero-order valence-corrected chi connectivity index (χ0v) is 7.12. The molecule has 0 amide bonds. The topological polar surface area (TPSA) is 0 Å². The summed E-state index contributed by atoms with van der Waals surface area (Å²) in [5.74, 6) is 0. The summed E-state index contributed by atoms with van der Waals surface area (Å²) in [4.78, 5) is 0. The molecule has 0 atom stereocenters. The molecule has 0 N–H and O–H groups in total. The molecule has 4 heavy (non-hydrogen) atoms. The van der Waals surface area contributed by atoms with E-state index in [1.165, 1.54) is 0 Å². The first-order chi connectivity index (χ1) is 0. The van der Waals surface area contributed by atoms with Crippen molar-refractivity contribution in [2.45, 2.75) is 0 Å². The van der Waals surface area contributed by atoms with E-state index in [1.54, 1.807) is 0 Å². The first kappa shape index (κ1) is 32.5. The monoisotopic (exact) mass is 236 g/mol. The van der Waals surface area contributed by atoms with Crippen LogP contribution in [0.3, 0.4) is 0 Å². The fourth-order valence-corrected chi connectivity index (χ4v) is 0. The van der Waals surface area contributed by atoms with Crippen LogP contribution in [0.4, 0.5) is 0 Å². The third kappa shape index (κ3) is 8.83. The Morgan fingerprint density at radius 3 is 1.00 bits per heavy atom. The molecule has 4 radical (unpaired) electrons. The van der Waals surface area contributed by atoms with Crippen LogP contribution in [-0.2, 0) is 60.7 Å². The van der Waals surface area contributed by atoms with Crippen molar-refractivity contribution in [1.29, 1.82) is 0 Å². The van der Waals surface area contributed by atoms with Crippen LogP contribution >= 0.6 is 9.90 Å². The van der Waals surface area contributed by atoms with Gasteiger partial charge in [-0.15, -0.1) is 0 Å². The minimum absolute atomic E-state index is 0. The Bertz CT molecular complexity index is 8.00. The minimum atomic E-state index is 0. The van der Waals surface area contributed by atoms with E-state index in [1.807, 2.05) is 0 Å². The largest absolute Gasteiger partial charge is 0 e. The second kappa shape index (κ2) is 18.2. The van der Waals surface area contributed by atoms with Crippen molar-refractivity contribution >= 4 is 9.90 Å². The molecular weight excluding hydrogens is 236 g/mol. The maximum absolute atomic E-state index is 0. The van der Waals surface area contributed by atoms with E-state index in [2.05, 4.69) is 0 Å². The maximum Gasteiger partial charge on any atom is 0 e. The molecule has 0 saturated carbocycles. The van der Waals surface area contributed by atoms with Gasteiger partial charge < -0.3 is 0 Å². The second-order valence-electron chi connectivity index (χ2n) is 0. The summed E-state index contributed by atoms with van der Waals surface area (Å²) in [5, 5.41) is 0. The smallest absolute Gasteiger partial charge is 0 e. The van der Waals surface area contributed by atoms with Crippen LogP contribution in [0.15, 0.2) is 0 Å². The number of rotatable bonds is 0. The van der Waals surface area contributed by atoms with Gasteiger partial charge in [-0.25, -0.2) is 0 Å². The fourth-order valence-electron chi connectivity index (χ4n) is 0. The van der Waals surface area contributed by atoms with Gasteiger partial charge in [-0.3, -0.25) is 0 Å². The van der Waals surface area contributed by atoms with Gasteiger partial charge in [0.1, 0.15) is 0 Å². The van der Waals surface area contributed by atoms with Gasteiger partial charge in [0.05, 0.1) is 0 Å². The van der Waals surface area contributed by atoms with Crippen LogP contribution in [-0.4, -0.2) is 0 Å². The van der Waals surface area contributed by atoms with Crippen LogP contribution in [0.25, 0.3) is 0 Å². The predicted octanol–water partition coefficient (Wildman–Crippen LogP) is 0.854. The standard InChI is InChI=1S/P.Pd.Ti.V. The van der Waals surface area contributed by atoms with E-state index in [-0.39, 0.29) is 70.6 Å². The van der Waals surface area contributed by atoms with E-state index >= 15 is 0 Å². The number of hydrogen-bond donors (Lipinski definition) is 0. The SMILES string of the molecule is [P].[Pd].[Ti].[V]. The summed E-state index contributed by atoms with van der Waals surface area (Å²) in [6.07, 6.45) is 0. The molecule has 0 aromatic heterocycles. The summed E-state index contributed by atoms with van der Waals surface area (Å²) >= 11 is 0. The van der Waals surface area contributed by atoms with Gasteiger partial charge in [-0.05, 0) is 0 Å². The van der Waals surface area contributed by atoms with Crippen molar-refractivity contribution in [3.05, 3.63) is 0 Å². The van der Waals surface area contributed by atoms with Crippen LogP contribution in [0, 0.1) is 0 Å². The third-order valence-corrected chi connectivity index (χ3v) is 0. The van der Waals surface area contributed by atoms with Crippen molar-refractivity contribution in [3.8, 4) is 0 Å².